The van der Waals surface area contributed by atoms with Gasteiger partial charge < -0.3 is 5.32 Å². The zero-order chi connectivity index (χ0) is 15.0. The molecule has 1 aromatic rings. The highest BCUT2D eigenvalue weighted by molar-refractivity contribution is 5.78. The standard InChI is InChI=1S/C14H18N4O2/c1-10(19)7-12-5-3-11(4-6-14(20)16-2)8-13(12)9-17-18-15/h3,5,8H,4,6-7,9H2,1-2H3,(H,16,20). The van der Waals surface area contributed by atoms with Crippen LogP contribution in [-0.4, -0.2) is 18.7 Å². The summed E-state index contributed by atoms with van der Waals surface area (Å²) in [5, 5.41) is 6.12. The predicted octanol–water partition coefficient (Wildman–Crippen LogP) is 2.31. The minimum absolute atomic E-state index is 0.0191. The fraction of sp³-hybridized carbons (Fsp3) is 0.429. The molecule has 0 aliphatic heterocycles. The van der Waals surface area contributed by atoms with Gasteiger partial charge in [0.25, 0.3) is 0 Å². The monoisotopic (exact) mass is 274 g/mol. The number of nitrogens with zero attached hydrogens (tertiary/aromatic N) is 3. The van der Waals surface area contributed by atoms with E-state index >= 15 is 0 Å². The molecular weight excluding hydrogens is 256 g/mol. The minimum atomic E-state index is -0.0191. The van der Waals surface area contributed by atoms with Gasteiger partial charge in [0.2, 0.25) is 5.91 Å². The molecule has 0 radical (unpaired) electrons. The molecule has 0 heterocycles. The van der Waals surface area contributed by atoms with Crippen molar-refractivity contribution in [3.8, 4) is 0 Å². The number of azide groups is 1. The van der Waals surface area contributed by atoms with E-state index in [1.165, 1.54) is 6.92 Å². The highest BCUT2D eigenvalue weighted by atomic mass is 16.1. The molecule has 1 rings (SSSR count). The van der Waals surface area contributed by atoms with Crippen molar-refractivity contribution in [2.24, 2.45) is 5.11 Å². The molecule has 0 saturated carbocycles. The minimum Gasteiger partial charge on any atom is -0.359 e. The molecule has 1 aromatic carbocycles. The Morgan fingerprint density at radius 3 is 2.70 bits per heavy atom. The smallest absolute Gasteiger partial charge is 0.220 e. The lowest BCUT2D eigenvalue weighted by Crippen LogP contribution is -2.18. The Kier molecular flexibility index (Phi) is 6.26. The zero-order valence-corrected chi connectivity index (χ0v) is 11.7. The second-order valence-corrected chi connectivity index (χ2v) is 4.54. The molecule has 20 heavy (non-hydrogen) atoms. The molecule has 0 spiro atoms. The van der Waals surface area contributed by atoms with Crippen molar-refractivity contribution in [3.05, 3.63) is 45.3 Å². The number of hydrogen-bond acceptors (Lipinski definition) is 3. The Morgan fingerprint density at radius 2 is 2.10 bits per heavy atom. The van der Waals surface area contributed by atoms with E-state index in [-0.39, 0.29) is 18.2 Å². The van der Waals surface area contributed by atoms with Crippen molar-refractivity contribution >= 4 is 11.7 Å². The molecule has 0 fully saturated rings. The fourth-order valence-corrected chi connectivity index (χ4v) is 1.91. The highest BCUT2D eigenvalue weighted by Crippen LogP contribution is 2.16. The number of carbonyl (C=O) groups excluding carboxylic acids is 2. The van der Waals surface area contributed by atoms with Crippen LogP contribution in [0.3, 0.4) is 0 Å². The number of carbonyl (C=O) groups is 2. The molecular formula is C14H18N4O2. The van der Waals surface area contributed by atoms with Gasteiger partial charge in [-0.2, -0.15) is 0 Å². The average molecular weight is 274 g/mol. The van der Waals surface area contributed by atoms with Crippen LogP contribution in [0.15, 0.2) is 23.3 Å². The molecule has 0 saturated heterocycles. The molecule has 0 aromatic heterocycles. The van der Waals surface area contributed by atoms with Gasteiger partial charge in [-0.25, -0.2) is 0 Å². The normalized spacial score (nSPS) is 9.70. The Bertz CT molecular complexity index is 548. The summed E-state index contributed by atoms with van der Waals surface area (Å²) in [6.07, 6.45) is 1.35. The summed E-state index contributed by atoms with van der Waals surface area (Å²) in [6, 6.07) is 5.67. The molecule has 6 heteroatoms. The SMILES string of the molecule is CNC(=O)CCc1ccc(CC(C)=O)c(CN=[N+]=[N-])c1. The van der Waals surface area contributed by atoms with Gasteiger partial charge in [0, 0.05) is 24.8 Å². The van der Waals surface area contributed by atoms with Gasteiger partial charge in [0.05, 0.1) is 6.54 Å². The van der Waals surface area contributed by atoms with E-state index in [1.54, 1.807) is 7.05 Å². The third-order valence-electron chi connectivity index (χ3n) is 2.93. The van der Waals surface area contributed by atoms with E-state index < -0.39 is 0 Å². The lowest BCUT2D eigenvalue weighted by molar-refractivity contribution is -0.120. The van der Waals surface area contributed by atoms with Gasteiger partial charge >= 0.3 is 0 Å². The third kappa shape index (κ3) is 5.12. The number of aryl methyl sites for hydroxylation is 1. The maximum atomic E-state index is 11.2. The number of benzene rings is 1. The van der Waals surface area contributed by atoms with Gasteiger partial charge in [0.1, 0.15) is 5.78 Å². The molecule has 0 atom stereocenters. The maximum Gasteiger partial charge on any atom is 0.220 e. The van der Waals surface area contributed by atoms with E-state index in [9.17, 15) is 9.59 Å². The molecule has 0 unspecified atom stereocenters. The quantitative estimate of drug-likeness (QED) is 0.469. The van der Waals surface area contributed by atoms with Crippen LogP contribution in [0.4, 0.5) is 0 Å². The molecule has 6 nitrogen and oxygen atoms in total. The van der Waals surface area contributed by atoms with Gasteiger partial charge in [-0.05, 0) is 35.6 Å². The fourth-order valence-electron chi connectivity index (χ4n) is 1.91. The van der Waals surface area contributed by atoms with E-state index in [0.29, 0.717) is 19.3 Å². The van der Waals surface area contributed by atoms with Gasteiger partial charge in [0.15, 0.2) is 0 Å². The van der Waals surface area contributed by atoms with Crippen molar-refractivity contribution in [3.63, 3.8) is 0 Å². The van der Waals surface area contributed by atoms with Gasteiger partial charge in [-0.15, -0.1) is 0 Å². The number of hydrogen-bond donors (Lipinski definition) is 1. The highest BCUT2D eigenvalue weighted by Gasteiger charge is 2.07. The first-order valence-corrected chi connectivity index (χ1v) is 6.38. The molecule has 0 aliphatic carbocycles. The molecule has 1 N–H and O–H groups in total. The lowest BCUT2D eigenvalue weighted by Gasteiger charge is -2.09. The van der Waals surface area contributed by atoms with Crippen LogP contribution in [0.25, 0.3) is 10.4 Å². The molecule has 1 amide bonds. The van der Waals surface area contributed by atoms with Crippen LogP contribution in [0.1, 0.15) is 30.0 Å². The van der Waals surface area contributed by atoms with Gasteiger partial charge in [-0.1, -0.05) is 23.3 Å². The first kappa shape index (κ1) is 15.7. The number of ketones is 1. The van der Waals surface area contributed by atoms with Crippen LogP contribution in [-0.2, 0) is 29.0 Å². The van der Waals surface area contributed by atoms with Crippen LogP contribution in [0.5, 0.6) is 0 Å². The van der Waals surface area contributed by atoms with Crippen molar-refractivity contribution in [1.29, 1.82) is 0 Å². The second kappa shape index (κ2) is 7.96. The van der Waals surface area contributed by atoms with Crippen LogP contribution >= 0.6 is 0 Å². The maximum absolute atomic E-state index is 11.2. The third-order valence-corrected chi connectivity index (χ3v) is 2.93. The predicted molar refractivity (Wildman–Crippen MR) is 76.1 cm³/mol. The summed E-state index contributed by atoms with van der Waals surface area (Å²) < 4.78 is 0. The Hall–Kier alpha value is -2.33. The average Bonchev–Trinajstić information content (AvgIpc) is 2.43. The van der Waals surface area contributed by atoms with Crippen molar-refractivity contribution in [1.82, 2.24) is 5.32 Å². The van der Waals surface area contributed by atoms with E-state index in [0.717, 1.165) is 16.7 Å². The number of nitrogens with one attached hydrogen (secondary N) is 1. The first-order chi connectivity index (χ1) is 9.56. The second-order valence-electron chi connectivity index (χ2n) is 4.54. The Labute approximate surface area is 117 Å². The van der Waals surface area contributed by atoms with Crippen LogP contribution in [0, 0.1) is 0 Å². The summed E-state index contributed by atoms with van der Waals surface area (Å²) in [6.45, 7) is 1.74. The lowest BCUT2D eigenvalue weighted by atomic mass is 9.98. The largest absolute Gasteiger partial charge is 0.359 e. The van der Waals surface area contributed by atoms with E-state index in [4.69, 9.17) is 5.53 Å². The summed E-state index contributed by atoms with van der Waals surface area (Å²) in [5.41, 5.74) is 11.1. The van der Waals surface area contributed by atoms with Crippen LogP contribution in [0.2, 0.25) is 0 Å². The molecule has 0 bridgehead atoms. The molecule has 0 aliphatic rings. The first-order valence-electron chi connectivity index (χ1n) is 6.38. The van der Waals surface area contributed by atoms with Crippen LogP contribution < -0.4 is 5.32 Å². The number of rotatable bonds is 7. The summed E-state index contributed by atoms with van der Waals surface area (Å²) in [5.74, 6) is 0.0414. The van der Waals surface area contributed by atoms with Gasteiger partial charge in [-0.3, -0.25) is 9.59 Å². The molecule has 106 valence electrons. The van der Waals surface area contributed by atoms with Crippen molar-refractivity contribution in [2.45, 2.75) is 32.7 Å². The van der Waals surface area contributed by atoms with E-state index in [2.05, 4.69) is 15.3 Å². The van der Waals surface area contributed by atoms with Crippen molar-refractivity contribution in [2.75, 3.05) is 7.05 Å². The summed E-state index contributed by atoms with van der Waals surface area (Å²) in [7, 11) is 1.60. The summed E-state index contributed by atoms with van der Waals surface area (Å²) >= 11 is 0. The Balaban J connectivity index is 2.91. The van der Waals surface area contributed by atoms with E-state index in [1.807, 2.05) is 18.2 Å². The number of Topliss-reactive ketones (excluding diaryl/α,β-unsaturated/α-hetero) is 1. The zero-order valence-electron chi connectivity index (χ0n) is 11.7. The Morgan fingerprint density at radius 1 is 1.35 bits per heavy atom. The van der Waals surface area contributed by atoms with Crippen molar-refractivity contribution < 1.29 is 9.59 Å². The topological polar surface area (TPSA) is 94.9 Å². The number of amides is 1. The summed E-state index contributed by atoms with van der Waals surface area (Å²) in [4.78, 5) is 25.2.